The lowest BCUT2D eigenvalue weighted by Crippen LogP contribution is -3.14. The Labute approximate surface area is 155 Å². The van der Waals surface area contributed by atoms with Crippen LogP contribution in [0.2, 0.25) is 0 Å². The first-order valence-corrected chi connectivity index (χ1v) is 10.9. The number of ether oxygens (including phenoxy) is 1. The molecule has 2 aliphatic rings. The lowest BCUT2D eigenvalue weighted by molar-refractivity contribution is -0.906. The van der Waals surface area contributed by atoms with Gasteiger partial charge in [-0.05, 0) is 37.5 Å². The molecule has 2 fully saturated rings. The molecule has 1 aromatic rings. The molecule has 0 radical (unpaired) electrons. The van der Waals surface area contributed by atoms with Crippen LogP contribution in [-0.2, 0) is 14.8 Å². The molecular weight excluding hydrogens is 354 g/mol. The van der Waals surface area contributed by atoms with Gasteiger partial charge in [-0.2, -0.15) is 0 Å². The predicted molar refractivity (Wildman–Crippen MR) is 100 cm³/mol. The second-order valence-electron chi connectivity index (χ2n) is 6.96. The minimum absolute atomic E-state index is 0.159. The molecule has 7 nitrogen and oxygen atoms in total. The SMILES string of the molecule is Cc1ccc(C(=O)NCC[NH+]2CCOCC2)cc1N1CCCCS1(=O)=O. The van der Waals surface area contributed by atoms with Gasteiger partial charge in [-0.15, -0.1) is 0 Å². The summed E-state index contributed by atoms with van der Waals surface area (Å²) in [5.41, 5.74) is 1.99. The number of aryl methyl sites for hydroxylation is 1. The summed E-state index contributed by atoms with van der Waals surface area (Å²) in [6, 6.07) is 5.28. The summed E-state index contributed by atoms with van der Waals surface area (Å²) in [5, 5.41) is 2.95. The van der Waals surface area contributed by atoms with E-state index in [1.807, 2.05) is 13.0 Å². The van der Waals surface area contributed by atoms with E-state index in [2.05, 4.69) is 5.32 Å². The highest BCUT2D eigenvalue weighted by atomic mass is 32.2. The van der Waals surface area contributed by atoms with Crippen LogP contribution in [0.3, 0.4) is 0 Å². The molecule has 2 N–H and O–H groups in total. The monoisotopic (exact) mass is 382 g/mol. The van der Waals surface area contributed by atoms with Crippen LogP contribution >= 0.6 is 0 Å². The third kappa shape index (κ3) is 4.55. The summed E-state index contributed by atoms with van der Waals surface area (Å²) in [7, 11) is -3.29. The summed E-state index contributed by atoms with van der Waals surface area (Å²) in [5.74, 6) is 0.0128. The lowest BCUT2D eigenvalue weighted by atomic mass is 10.1. The van der Waals surface area contributed by atoms with Crippen molar-refractivity contribution in [2.75, 3.05) is 56.0 Å². The van der Waals surface area contributed by atoms with Gasteiger partial charge in [0.05, 0.1) is 37.7 Å². The summed E-state index contributed by atoms with van der Waals surface area (Å²) in [6.07, 6.45) is 1.54. The summed E-state index contributed by atoms with van der Waals surface area (Å²) in [4.78, 5) is 13.9. The highest BCUT2D eigenvalue weighted by Gasteiger charge is 2.27. The third-order valence-electron chi connectivity index (χ3n) is 5.05. The highest BCUT2D eigenvalue weighted by molar-refractivity contribution is 7.92. The molecule has 0 aromatic heterocycles. The van der Waals surface area contributed by atoms with Crippen molar-refractivity contribution in [3.8, 4) is 0 Å². The molecule has 2 heterocycles. The zero-order valence-corrected chi connectivity index (χ0v) is 16.1. The number of amides is 1. The molecule has 0 bridgehead atoms. The van der Waals surface area contributed by atoms with Crippen LogP contribution in [0.1, 0.15) is 28.8 Å². The van der Waals surface area contributed by atoms with Crippen LogP contribution in [0.4, 0.5) is 5.69 Å². The molecule has 144 valence electrons. The predicted octanol–water partition coefficient (Wildman–Crippen LogP) is -0.430. The quantitative estimate of drug-likeness (QED) is 0.724. The lowest BCUT2D eigenvalue weighted by Gasteiger charge is -2.29. The van der Waals surface area contributed by atoms with Crippen molar-refractivity contribution < 1.29 is 22.8 Å². The zero-order valence-electron chi connectivity index (χ0n) is 15.3. The number of rotatable bonds is 5. The van der Waals surface area contributed by atoms with Crippen LogP contribution < -0.4 is 14.5 Å². The molecule has 0 unspecified atom stereocenters. The Morgan fingerprint density at radius 1 is 1.27 bits per heavy atom. The van der Waals surface area contributed by atoms with Crippen molar-refractivity contribution in [1.29, 1.82) is 0 Å². The van der Waals surface area contributed by atoms with Crippen LogP contribution in [-0.4, -0.2) is 66.0 Å². The molecule has 0 atom stereocenters. The summed E-state index contributed by atoms with van der Waals surface area (Å²) in [6.45, 7) is 7.31. The molecule has 0 aliphatic carbocycles. The number of carbonyl (C=O) groups excluding carboxylic acids is 1. The van der Waals surface area contributed by atoms with E-state index in [1.165, 1.54) is 9.21 Å². The van der Waals surface area contributed by atoms with Gasteiger partial charge in [-0.3, -0.25) is 9.10 Å². The highest BCUT2D eigenvalue weighted by Crippen LogP contribution is 2.27. The number of quaternary nitrogens is 1. The summed E-state index contributed by atoms with van der Waals surface area (Å²) >= 11 is 0. The van der Waals surface area contributed by atoms with Gasteiger partial charge < -0.3 is 15.0 Å². The standard InChI is InChI=1S/C18H27N3O4S/c1-15-4-5-16(14-17(15)21-7-2-3-13-26(21,23)24)18(22)19-6-8-20-9-11-25-12-10-20/h4-5,14H,2-3,6-13H2,1H3,(H,19,22)/p+1. The Kier molecular flexibility index (Phi) is 6.16. The number of sulfonamides is 1. The fourth-order valence-electron chi connectivity index (χ4n) is 3.44. The number of nitrogens with one attached hydrogen (secondary N) is 2. The smallest absolute Gasteiger partial charge is 0.251 e. The Morgan fingerprint density at radius 2 is 2.04 bits per heavy atom. The number of morpholine rings is 1. The maximum absolute atomic E-state index is 12.5. The molecule has 8 heteroatoms. The minimum atomic E-state index is -3.29. The molecule has 26 heavy (non-hydrogen) atoms. The van der Waals surface area contributed by atoms with Gasteiger partial charge in [0.2, 0.25) is 10.0 Å². The van der Waals surface area contributed by atoms with E-state index in [9.17, 15) is 13.2 Å². The maximum Gasteiger partial charge on any atom is 0.251 e. The number of hydrogen-bond donors (Lipinski definition) is 2. The zero-order chi connectivity index (χ0) is 18.6. The Balaban J connectivity index is 1.65. The van der Waals surface area contributed by atoms with Crippen molar-refractivity contribution >= 4 is 21.6 Å². The molecule has 1 aromatic carbocycles. The molecule has 3 rings (SSSR count). The molecule has 2 saturated heterocycles. The average Bonchev–Trinajstić information content (AvgIpc) is 2.63. The van der Waals surface area contributed by atoms with Crippen LogP contribution in [0.15, 0.2) is 18.2 Å². The molecule has 0 spiro atoms. The number of nitrogens with zero attached hydrogens (tertiary/aromatic N) is 1. The van der Waals surface area contributed by atoms with Gasteiger partial charge in [-0.25, -0.2) is 8.42 Å². The minimum Gasteiger partial charge on any atom is -0.370 e. The topological polar surface area (TPSA) is 80.2 Å². The second kappa shape index (κ2) is 8.37. The van der Waals surface area contributed by atoms with E-state index >= 15 is 0 Å². The Bertz CT molecular complexity index is 745. The first-order valence-electron chi connectivity index (χ1n) is 9.28. The van der Waals surface area contributed by atoms with E-state index in [1.54, 1.807) is 12.1 Å². The number of hydrogen-bond acceptors (Lipinski definition) is 4. The van der Waals surface area contributed by atoms with E-state index < -0.39 is 10.0 Å². The van der Waals surface area contributed by atoms with Crippen molar-refractivity contribution in [3.63, 3.8) is 0 Å². The van der Waals surface area contributed by atoms with Crippen LogP contribution in [0.5, 0.6) is 0 Å². The third-order valence-corrected chi connectivity index (χ3v) is 6.91. The van der Waals surface area contributed by atoms with Crippen LogP contribution in [0.25, 0.3) is 0 Å². The molecule has 0 saturated carbocycles. The number of benzene rings is 1. The van der Waals surface area contributed by atoms with E-state index in [4.69, 9.17) is 4.74 Å². The second-order valence-corrected chi connectivity index (χ2v) is 8.98. The van der Waals surface area contributed by atoms with E-state index in [0.29, 0.717) is 30.8 Å². The first-order chi connectivity index (χ1) is 12.5. The Hall–Kier alpha value is -1.64. The van der Waals surface area contributed by atoms with Crippen molar-refractivity contribution in [3.05, 3.63) is 29.3 Å². The first kappa shape index (κ1) is 19.1. The van der Waals surface area contributed by atoms with E-state index in [0.717, 1.165) is 44.8 Å². The summed E-state index contributed by atoms with van der Waals surface area (Å²) < 4.78 is 31.5. The van der Waals surface area contributed by atoms with E-state index in [-0.39, 0.29) is 11.7 Å². The van der Waals surface area contributed by atoms with Crippen molar-refractivity contribution in [1.82, 2.24) is 5.32 Å². The largest absolute Gasteiger partial charge is 0.370 e. The Morgan fingerprint density at radius 3 is 2.77 bits per heavy atom. The number of anilines is 1. The van der Waals surface area contributed by atoms with Gasteiger partial charge >= 0.3 is 0 Å². The number of carbonyl (C=O) groups is 1. The van der Waals surface area contributed by atoms with Crippen molar-refractivity contribution in [2.24, 2.45) is 0 Å². The fraction of sp³-hybridized carbons (Fsp3) is 0.611. The van der Waals surface area contributed by atoms with Gasteiger partial charge in [0.25, 0.3) is 5.91 Å². The molecular formula is C18H28N3O4S+. The van der Waals surface area contributed by atoms with Gasteiger partial charge in [-0.1, -0.05) is 6.07 Å². The molecule has 2 aliphatic heterocycles. The van der Waals surface area contributed by atoms with Crippen molar-refractivity contribution in [2.45, 2.75) is 19.8 Å². The van der Waals surface area contributed by atoms with Gasteiger partial charge in [0.15, 0.2) is 0 Å². The van der Waals surface area contributed by atoms with Gasteiger partial charge in [0, 0.05) is 12.1 Å². The van der Waals surface area contributed by atoms with Crippen LogP contribution in [0, 0.1) is 6.92 Å². The average molecular weight is 383 g/mol. The maximum atomic E-state index is 12.5. The normalized spacial score (nSPS) is 20.7. The fourth-order valence-corrected chi connectivity index (χ4v) is 5.14. The van der Waals surface area contributed by atoms with Gasteiger partial charge in [0.1, 0.15) is 13.1 Å². The molecule has 1 amide bonds.